The number of nitrogens with zero attached hydrogens (tertiary/aromatic N) is 1. The van der Waals surface area contributed by atoms with E-state index >= 15 is 0 Å². The maximum absolute atomic E-state index is 11.9. The Labute approximate surface area is 175 Å². The topological polar surface area (TPSA) is 109 Å². The van der Waals surface area contributed by atoms with Gasteiger partial charge in [-0.15, -0.1) is 0 Å². The molecular weight excluding hydrogens is 386 g/mol. The molecular formula is C22H28N3O5+. The molecule has 160 valence electrons. The van der Waals surface area contributed by atoms with E-state index in [1.165, 1.54) is 12.3 Å². The Kier molecular flexibility index (Phi) is 9.85. The van der Waals surface area contributed by atoms with Crippen LogP contribution in [0.5, 0.6) is 0 Å². The van der Waals surface area contributed by atoms with Gasteiger partial charge in [-0.25, -0.2) is 9.59 Å². The number of unbranched alkanes of at least 4 members (excludes halogenated alkanes) is 3. The maximum Gasteiger partial charge on any atom is 0.407 e. The minimum Gasteiger partial charge on any atom is -0.477 e. The molecule has 8 nitrogen and oxygen atoms in total. The van der Waals surface area contributed by atoms with Crippen LogP contribution >= 0.6 is 0 Å². The number of hydrogen-bond acceptors (Lipinski definition) is 4. The number of aromatic nitrogens is 1. The molecule has 2 rings (SSSR count). The number of ether oxygens (including phenoxy) is 1. The molecule has 0 fully saturated rings. The molecule has 0 bridgehead atoms. The van der Waals surface area contributed by atoms with Crippen LogP contribution in [-0.2, 0) is 22.7 Å². The summed E-state index contributed by atoms with van der Waals surface area (Å²) >= 11 is 0. The van der Waals surface area contributed by atoms with Crippen LogP contribution in [0.25, 0.3) is 0 Å². The fourth-order valence-electron chi connectivity index (χ4n) is 2.76. The highest BCUT2D eigenvalue weighted by atomic mass is 16.5. The molecule has 0 aliphatic carbocycles. The number of pyridine rings is 1. The molecule has 2 aromatic rings. The number of hydrogen-bond donors (Lipinski definition) is 3. The number of carboxylic acids is 1. The van der Waals surface area contributed by atoms with Crippen LogP contribution in [0, 0.1) is 0 Å². The number of aromatic carboxylic acids is 1. The molecule has 0 unspecified atom stereocenters. The first-order valence-electron chi connectivity index (χ1n) is 9.98. The van der Waals surface area contributed by atoms with E-state index in [1.807, 2.05) is 30.3 Å². The van der Waals surface area contributed by atoms with Crippen molar-refractivity contribution >= 4 is 18.0 Å². The molecule has 1 aromatic carbocycles. The monoisotopic (exact) mass is 414 g/mol. The van der Waals surface area contributed by atoms with Gasteiger partial charge in [-0.05, 0) is 24.5 Å². The predicted molar refractivity (Wildman–Crippen MR) is 110 cm³/mol. The lowest BCUT2D eigenvalue weighted by atomic mass is 10.2. The molecule has 30 heavy (non-hydrogen) atoms. The highest BCUT2D eigenvalue weighted by Crippen LogP contribution is 2.01. The van der Waals surface area contributed by atoms with Crippen molar-refractivity contribution in [1.29, 1.82) is 0 Å². The minimum atomic E-state index is -1.02. The van der Waals surface area contributed by atoms with E-state index in [4.69, 9.17) is 9.84 Å². The summed E-state index contributed by atoms with van der Waals surface area (Å²) in [5, 5.41) is 14.5. The van der Waals surface area contributed by atoms with Gasteiger partial charge in [0.1, 0.15) is 12.2 Å². The van der Waals surface area contributed by atoms with Crippen LogP contribution in [0.15, 0.2) is 54.9 Å². The molecule has 0 radical (unpaired) electrons. The van der Waals surface area contributed by atoms with Crippen molar-refractivity contribution in [2.45, 2.75) is 38.8 Å². The fourth-order valence-corrected chi connectivity index (χ4v) is 2.76. The van der Waals surface area contributed by atoms with Crippen LogP contribution in [0.3, 0.4) is 0 Å². The van der Waals surface area contributed by atoms with E-state index in [0.717, 1.165) is 31.2 Å². The Bertz CT molecular complexity index is 827. The third-order valence-corrected chi connectivity index (χ3v) is 4.34. The van der Waals surface area contributed by atoms with Crippen LogP contribution in [0.4, 0.5) is 4.79 Å². The van der Waals surface area contributed by atoms with Gasteiger partial charge in [-0.2, -0.15) is 4.57 Å². The van der Waals surface area contributed by atoms with Gasteiger partial charge in [0.2, 0.25) is 6.54 Å². The second-order valence-corrected chi connectivity index (χ2v) is 6.82. The second kappa shape index (κ2) is 12.9. The molecule has 0 atom stereocenters. The average molecular weight is 414 g/mol. The van der Waals surface area contributed by atoms with Crippen molar-refractivity contribution in [3.63, 3.8) is 0 Å². The van der Waals surface area contributed by atoms with E-state index in [1.54, 1.807) is 16.8 Å². The van der Waals surface area contributed by atoms with Crippen LogP contribution in [0.1, 0.15) is 41.6 Å². The molecule has 0 aliphatic rings. The van der Waals surface area contributed by atoms with Gasteiger partial charge < -0.3 is 20.5 Å². The van der Waals surface area contributed by atoms with Gasteiger partial charge in [0, 0.05) is 19.2 Å². The number of rotatable bonds is 12. The second-order valence-electron chi connectivity index (χ2n) is 6.82. The van der Waals surface area contributed by atoms with Gasteiger partial charge in [-0.1, -0.05) is 43.2 Å². The molecule has 0 saturated heterocycles. The Morgan fingerprint density at radius 2 is 1.60 bits per heavy atom. The van der Waals surface area contributed by atoms with Gasteiger partial charge in [0.05, 0.1) is 0 Å². The number of carboxylic acid groups (broad SMARTS) is 1. The lowest BCUT2D eigenvalue weighted by Gasteiger charge is -2.07. The fraction of sp³-hybridized carbons (Fsp3) is 0.364. The molecule has 1 heterocycles. The summed E-state index contributed by atoms with van der Waals surface area (Å²) < 4.78 is 6.68. The Hall–Kier alpha value is -3.42. The standard InChI is InChI=1S/C22H27N3O5/c26-20(16-25-14-8-11-19(15-25)21(27)28)23-12-6-1-2-7-13-24-22(29)30-17-18-9-4-3-5-10-18/h3-5,8-11,14-15H,1-2,6-7,12-13,16-17H2,(H2-,23,24,26,27,28,29)/p+1. The van der Waals surface area contributed by atoms with E-state index in [0.29, 0.717) is 13.1 Å². The number of benzene rings is 1. The van der Waals surface area contributed by atoms with E-state index in [2.05, 4.69) is 10.6 Å². The molecule has 0 aliphatic heterocycles. The zero-order chi connectivity index (χ0) is 21.6. The summed E-state index contributed by atoms with van der Waals surface area (Å²) in [6.45, 7) is 1.45. The summed E-state index contributed by atoms with van der Waals surface area (Å²) in [4.78, 5) is 34.5. The highest BCUT2D eigenvalue weighted by Gasteiger charge is 2.12. The van der Waals surface area contributed by atoms with E-state index < -0.39 is 12.1 Å². The maximum atomic E-state index is 11.9. The van der Waals surface area contributed by atoms with Crippen molar-refractivity contribution in [2.24, 2.45) is 0 Å². The third-order valence-electron chi connectivity index (χ3n) is 4.34. The number of carbonyl (C=O) groups excluding carboxylic acids is 2. The first-order valence-corrected chi connectivity index (χ1v) is 9.98. The molecule has 1 aromatic heterocycles. The third kappa shape index (κ3) is 9.18. The van der Waals surface area contributed by atoms with Gasteiger partial charge >= 0.3 is 12.1 Å². The average Bonchev–Trinajstić information content (AvgIpc) is 2.75. The van der Waals surface area contributed by atoms with Crippen molar-refractivity contribution in [3.8, 4) is 0 Å². The van der Waals surface area contributed by atoms with Crippen molar-refractivity contribution in [2.75, 3.05) is 13.1 Å². The van der Waals surface area contributed by atoms with Crippen molar-refractivity contribution in [1.82, 2.24) is 10.6 Å². The molecule has 0 spiro atoms. The van der Waals surface area contributed by atoms with Crippen molar-refractivity contribution in [3.05, 3.63) is 66.0 Å². The number of nitrogens with one attached hydrogen (secondary N) is 2. The zero-order valence-corrected chi connectivity index (χ0v) is 16.9. The lowest BCUT2D eigenvalue weighted by Crippen LogP contribution is -2.43. The Balaban J connectivity index is 1.47. The Morgan fingerprint density at radius 3 is 2.30 bits per heavy atom. The Morgan fingerprint density at radius 1 is 0.900 bits per heavy atom. The van der Waals surface area contributed by atoms with E-state index in [-0.39, 0.29) is 24.6 Å². The number of alkyl carbamates (subject to hydrolysis) is 1. The molecule has 3 N–H and O–H groups in total. The number of amides is 2. The molecule has 8 heteroatoms. The van der Waals surface area contributed by atoms with Gasteiger partial charge in [0.15, 0.2) is 12.4 Å². The smallest absolute Gasteiger partial charge is 0.407 e. The summed E-state index contributed by atoms with van der Waals surface area (Å²) in [7, 11) is 0. The SMILES string of the molecule is O=C(C[n+]1cccc(C(=O)O)c1)NCCCCCCNC(=O)OCc1ccccc1. The largest absolute Gasteiger partial charge is 0.477 e. The molecule has 2 amide bonds. The quantitative estimate of drug-likeness (QED) is 0.365. The summed E-state index contributed by atoms with van der Waals surface area (Å²) in [5.74, 6) is -1.19. The summed E-state index contributed by atoms with van der Waals surface area (Å²) in [5.41, 5.74) is 1.09. The zero-order valence-electron chi connectivity index (χ0n) is 16.9. The number of carbonyl (C=O) groups is 3. The minimum absolute atomic E-state index is 0.0795. The summed E-state index contributed by atoms with van der Waals surface area (Å²) in [6, 6.07) is 12.6. The normalized spacial score (nSPS) is 10.3. The highest BCUT2D eigenvalue weighted by molar-refractivity contribution is 5.86. The van der Waals surface area contributed by atoms with Gasteiger partial charge in [-0.3, -0.25) is 4.79 Å². The lowest BCUT2D eigenvalue weighted by molar-refractivity contribution is -0.684. The van der Waals surface area contributed by atoms with Crippen LogP contribution in [0.2, 0.25) is 0 Å². The van der Waals surface area contributed by atoms with E-state index in [9.17, 15) is 14.4 Å². The molecule has 0 saturated carbocycles. The first-order chi connectivity index (χ1) is 14.5. The summed E-state index contributed by atoms with van der Waals surface area (Å²) in [6.07, 6.45) is 6.21. The predicted octanol–water partition coefficient (Wildman–Crippen LogP) is 2.28. The van der Waals surface area contributed by atoms with Gasteiger partial charge in [0.25, 0.3) is 5.91 Å². The van der Waals surface area contributed by atoms with Crippen LogP contribution < -0.4 is 15.2 Å². The van der Waals surface area contributed by atoms with Crippen molar-refractivity contribution < 1.29 is 28.8 Å². The van der Waals surface area contributed by atoms with Crippen LogP contribution in [-0.4, -0.2) is 36.2 Å². The first kappa shape index (κ1) is 22.9.